The normalized spacial score (nSPS) is 12.4. The molecule has 0 amide bonds. The molecule has 0 bridgehead atoms. The van der Waals surface area contributed by atoms with E-state index in [2.05, 4.69) is 97.1 Å². The number of carbonyl (C=O) groups excluding carboxylic acids is 1. The van der Waals surface area contributed by atoms with Gasteiger partial charge in [0.25, 0.3) is 0 Å². The quantitative estimate of drug-likeness (QED) is 0.157. The van der Waals surface area contributed by atoms with Crippen molar-refractivity contribution in [1.82, 2.24) is 0 Å². The van der Waals surface area contributed by atoms with Crippen LogP contribution in [0.1, 0.15) is 35.6 Å². The summed E-state index contributed by atoms with van der Waals surface area (Å²) in [5.74, 6) is -0.750. The summed E-state index contributed by atoms with van der Waals surface area (Å²) in [7, 11) is 0. The Kier molecular flexibility index (Phi) is 6.41. The minimum atomic E-state index is -0.624. The van der Waals surface area contributed by atoms with Crippen molar-refractivity contribution in [2.45, 2.75) is 18.9 Å². The molecule has 0 aliphatic rings. The maximum absolute atomic E-state index is 13.9. The summed E-state index contributed by atoms with van der Waals surface area (Å²) in [5.41, 5.74) is 2.80. The zero-order valence-corrected chi connectivity index (χ0v) is 23.3. The van der Waals surface area contributed by atoms with Gasteiger partial charge in [-0.05, 0) is 79.8 Å². The average molecular weight is 551 g/mol. The molecule has 3 heteroatoms. The lowest BCUT2D eigenvalue weighted by molar-refractivity contribution is -0.148. The highest BCUT2D eigenvalue weighted by Gasteiger charge is 2.28. The molecule has 0 unspecified atom stereocenters. The van der Waals surface area contributed by atoms with E-state index in [0.717, 1.165) is 49.0 Å². The van der Waals surface area contributed by atoms with Crippen LogP contribution < -0.4 is 0 Å². The van der Waals surface area contributed by atoms with Gasteiger partial charge in [-0.3, -0.25) is 4.79 Å². The van der Waals surface area contributed by atoms with Gasteiger partial charge in [0.15, 0.2) is 6.10 Å². The van der Waals surface area contributed by atoms with E-state index in [4.69, 9.17) is 16.3 Å². The fraction of sp³-hybridized carbons (Fsp3) is 0.0789. The lowest BCUT2D eigenvalue weighted by Crippen LogP contribution is -2.18. The Labute approximate surface area is 243 Å². The Morgan fingerprint density at radius 2 is 0.976 bits per heavy atom. The van der Waals surface area contributed by atoms with E-state index in [1.54, 1.807) is 0 Å². The molecule has 0 spiro atoms. The summed E-state index contributed by atoms with van der Waals surface area (Å²) < 4.78 is 6.61. The van der Waals surface area contributed by atoms with Crippen molar-refractivity contribution < 1.29 is 9.53 Å². The standard InChI is InChI=1S/C38H27ClO2/c1-24(25-18-20-28(39)21-19-25)38(40)41-37(35-22-26-10-2-4-12-29(26)31-14-6-8-16-33(31)35)36-23-27-11-3-5-13-30(27)32-15-7-9-17-34(32)36/h2-24,37H,1H3/t24-/m1/s1. The van der Waals surface area contributed by atoms with Crippen molar-refractivity contribution in [2.24, 2.45) is 0 Å². The summed E-state index contributed by atoms with van der Waals surface area (Å²) in [6.07, 6.45) is -0.624. The number of ether oxygens (including phenoxy) is 1. The summed E-state index contributed by atoms with van der Waals surface area (Å²) in [6.45, 7) is 1.89. The molecule has 1 atom stereocenters. The molecule has 198 valence electrons. The third-order valence-corrected chi connectivity index (χ3v) is 8.37. The Balaban J connectivity index is 1.49. The summed E-state index contributed by atoms with van der Waals surface area (Å²) in [5, 5.41) is 9.62. The van der Waals surface area contributed by atoms with E-state index in [1.165, 1.54) is 10.8 Å². The summed E-state index contributed by atoms with van der Waals surface area (Å²) >= 11 is 6.13. The Morgan fingerprint density at radius 3 is 1.46 bits per heavy atom. The number of benzene rings is 7. The van der Waals surface area contributed by atoms with Crippen LogP contribution in [0.25, 0.3) is 43.1 Å². The van der Waals surface area contributed by atoms with Crippen LogP contribution in [0.5, 0.6) is 0 Å². The maximum Gasteiger partial charge on any atom is 0.314 e. The maximum atomic E-state index is 13.9. The van der Waals surface area contributed by atoms with Gasteiger partial charge in [0.05, 0.1) is 5.92 Å². The van der Waals surface area contributed by atoms with Crippen LogP contribution in [0.2, 0.25) is 5.02 Å². The van der Waals surface area contributed by atoms with E-state index in [9.17, 15) is 4.79 Å². The Hall–Kier alpha value is -4.66. The first kappa shape index (κ1) is 25.3. The number of fused-ring (bicyclic) bond motifs is 6. The second-order valence-corrected chi connectivity index (χ2v) is 11.0. The highest BCUT2D eigenvalue weighted by molar-refractivity contribution is 6.30. The lowest BCUT2D eigenvalue weighted by atomic mass is 9.88. The van der Waals surface area contributed by atoms with E-state index < -0.39 is 12.0 Å². The monoisotopic (exact) mass is 550 g/mol. The molecule has 0 aliphatic heterocycles. The molecule has 7 aromatic carbocycles. The molecule has 0 aliphatic carbocycles. The number of hydrogen-bond acceptors (Lipinski definition) is 2. The summed E-state index contributed by atoms with van der Waals surface area (Å²) in [4.78, 5) is 13.9. The zero-order valence-electron chi connectivity index (χ0n) is 22.6. The van der Waals surface area contributed by atoms with Gasteiger partial charge in [0.1, 0.15) is 0 Å². The minimum Gasteiger partial charge on any atom is -0.452 e. The van der Waals surface area contributed by atoms with Gasteiger partial charge in [-0.1, -0.05) is 121 Å². The van der Waals surface area contributed by atoms with Gasteiger partial charge in [-0.2, -0.15) is 0 Å². The van der Waals surface area contributed by atoms with Gasteiger partial charge in [-0.25, -0.2) is 0 Å². The van der Waals surface area contributed by atoms with Crippen LogP contribution in [0.3, 0.4) is 0 Å². The molecule has 0 fully saturated rings. The van der Waals surface area contributed by atoms with Crippen LogP contribution in [-0.2, 0) is 9.53 Å². The van der Waals surface area contributed by atoms with Crippen molar-refractivity contribution in [3.05, 3.63) is 155 Å². The van der Waals surface area contributed by atoms with Crippen LogP contribution in [0.4, 0.5) is 0 Å². The van der Waals surface area contributed by atoms with Crippen LogP contribution in [0, 0.1) is 0 Å². The first-order valence-corrected chi connectivity index (χ1v) is 14.2. The van der Waals surface area contributed by atoms with E-state index in [1.807, 2.05) is 43.3 Å². The lowest BCUT2D eigenvalue weighted by Gasteiger charge is -2.25. The number of hydrogen-bond donors (Lipinski definition) is 0. The largest absolute Gasteiger partial charge is 0.452 e. The van der Waals surface area contributed by atoms with Crippen molar-refractivity contribution in [3.63, 3.8) is 0 Å². The molecule has 0 saturated heterocycles. The second kappa shape index (κ2) is 10.4. The summed E-state index contributed by atoms with van der Waals surface area (Å²) in [6, 6.07) is 45.3. The molecule has 0 N–H and O–H groups in total. The Morgan fingerprint density at radius 1 is 0.561 bits per heavy atom. The van der Waals surface area contributed by atoms with E-state index >= 15 is 0 Å². The molecular weight excluding hydrogens is 524 g/mol. The third-order valence-electron chi connectivity index (χ3n) is 8.12. The fourth-order valence-electron chi connectivity index (χ4n) is 6.00. The predicted octanol–water partition coefficient (Wildman–Crippen LogP) is 10.4. The molecule has 0 radical (unpaired) electrons. The van der Waals surface area contributed by atoms with Gasteiger partial charge in [-0.15, -0.1) is 0 Å². The van der Waals surface area contributed by atoms with Gasteiger partial charge in [0.2, 0.25) is 0 Å². The predicted molar refractivity (Wildman–Crippen MR) is 171 cm³/mol. The first-order chi connectivity index (χ1) is 20.1. The minimum absolute atomic E-state index is 0.285. The average Bonchev–Trinajstić information content (AvgIpc) is 3.03. The smallest absolute Gasteiger partial charge is 0.314 e. The first-order valence-electron chi connectivity index (χ1n) is 13.9. The molecule has 0 heterocycles. The second-order valence-electron chi connectivity index (χ2n) is 10.6. The topological polar surface area (TPSA) is 26.3 Å². The number of halogens is 1. The zero-order chi connectivity index (χ0) is 27.9. The fourth-order valence-corrected chi connectivity index (χ4v) is 6.13. The van der Waals surface area contributed by atoms with Gasteiger partial charge in [0, 0.05) is 16.1 Å². The number of esters is 1. The SMILES string of the molecule is C[C@@H](C(=O)OC(c1cc2ccccc2c2ccccc12)c1cc2ccccc2c2ccccc12)c1ccc(Cl)cc1. The molecule has 2 nitrogen and oxygen atoms in total. The molecule has 7 rings (SSSR count). The van der Waals surface area contributed by atoms with Crippen LogP contribution >= 0.6 is 11.6 Å². The van der Waals surface area contributed by atoms with Crippen molar-refractivity contribution in [1.29, 1.82) is 0 Å². The van der Waals surface area contributed by atoms with Crippen molar-refractivity contribution >= 4 is 60.7 Å². The Bertz CT molecular complexity index is 1960. The molecule has 7 aromatic rings. The highest BCUT2D eigenvalue weighted by Crippen LogP contribution is 2.41. The third kappa shape index (κ3) is 4.51. The van der Waals surface area contributed by atoms with Crippen LogP contribution in [0.15, 0.2) is 133 Å². The van der Waals surface area contributed by atoms with E-state index in [-0.39, 0.29) is 5.97 Å². The van der Waals surface area contributed by atoms with Gasteiger partial charge < -0.3 is 4.74 Å². The molecule has 0 aromatic heterocycles. The van der Waals surface area contributed by atoms with Gasteiger partial charge >= 0.3 is 5.97 Å². The molecule has 0 saturated carbocycles. The molecule has 41 heavy (non-hydrogen) atoms. The van der Waals surface area contributed by atoms with Crippen molar-refractivity contribution in [2.75, 3.05) is 0 Å². The van der Waals surface area contributed by atoms with E-state index in [0.29, 0.717) is 5.02 Å². The highest BCUT2D eigenvalue weighted by atomic mass is 35.5. The van der Waals surface area contributed by atoms with Crippen molar-refractivity contribution in [3.8, 4) is 0 Å². The number of carbonyl (C=O) groups is 1. The molecular formula is C38H27ClO2. The number of rotatable bonds is 5. The van der Waals surface area contributed by atoms with Crippen LogP contribution in [-0.4, -0.2) is 5.97 Å².